The first-order valence-corrected chi connectivity index (χ1v) is 8.11. The van der Waals surface area contributed by atoms with Crippen molar-refractivity contribution >= 4 is 28.9 Å². The first kappa shape index (κ1) is 18.4. The van der Waals surface area contributed by atoms with E-state index in [-0.39, 0.29) is 5.91 Å². The average molecular weight is 322 g/mol. The predicted octanol–water partition coefficient (Wildman–Crippen LogP) is 3.97. The molecular formula is C17H26N2O2S. The maximum atomic E-state index is 11.7. The van der Waals surface area contributed by atoms with Crippen LogP contribution in [0.5, 0.6) is 5.75 Å². The third kappa shape index (κ3) is 7.98. The molecule has 1 aromatic rings. The Morgan fingerprint density at radius 2 is 1.95 bits per heavy atom. The summed E-state index contributed by atoms with van der Waals surface area (Å²) in [6.45, 7) is 9.01. The molecule has 0 bridgehead atoms. The van der Waals surface area contributed by atoms with Crippen molar-refractivity contribution in [1.82, 2.24) is 5.32 Å². The SMILES string of the molecule is CC(C)CCOc1cccc(NC(=S)NC(=O)CC(C)C)c1. The number of rotatable bonds is 7. The second-order valence-corrected chi connectivity index (χ2v) is 6.57. The summed E-state index contributed by atoms with van der Waals surface area (Å²) >= 11 is 5.15. The number of carbonyl (C=O) groups excluding carboxylic acids is 1. The van der Waals surface area contributed by atoms with Gasteiger partial charge >= 0.3 is 0 Å². The molecule has 0 spiro atoms. The third-order valence-electron chi connectivity index (χ3n) is 2.90. The number of hydrogen-bond acceptors (Lipinski definition) is 3. The molecule has 0 aliphatic carbocycles. The molecule has 1 amide bonds. The van der Waals surface area contributed by atoms with E-state index in [9.17, 15) is 4.79 Å². The quantitative estimate of drug-likeness (QED) is 0.746. The van der Waals surface area contributed by atoms with Crippen LogP contribution in [-0.2, 0) is 4.79 Å². The van der Waals surface area contributed by atoms with E-state index in [4.69, 9.17) is 17.0 Å². The van der Waals surface area contributed by atoms with Crippen molar-refractivity contribution in [2.75, 3.05) is 11.9 Å². The van der Waals surface area contributed by atoms with Gasteiger partial charge in [-0.15, -0.1) is 0 Å². The fraction of sp³-hybridized carbons (Fsp3) is 0.529. The van der Waals surface area contributed by atoms with Gasteiger partial charge in [-0.3, -0.25) is 4.79 Å². The Kier molecular flexibility index (Phi) is 7.88. The molecule has 0 saturated carbocycles. The molecule has 0 atom stereocenters. The standard InChI is InChI=1S/C17H26N2O2S/c1-12(2)8-9-21-15-7-5-6-14(11-15)18-17(22)19-16(20)10-13(3)4/h5-7,11-13H,8-10H2,1-4H3,(H2,18,19,20,22). The van der Waals surface area contributed by atoms with Gasteiger partial charge in [0.05, 0.1) is 6.61 Å². The van der Waals surface area contributed by atoms with Crippen molar-refractivity contribution in [3.05, 3.63) is 24.3 Å². The molecule has 0 aromatic heterocycles. The lowest BCUT2D eigenvalue weighted by atomic mass is 10.1. The second kappa shape index (κ2) is 9.41. The molecule has 0 heterocycles. The molecule has 0 aliphatic heterocycles. The van der Waals surface area contributed by atoms with Gasteiger partial charge in [-0.25, -0.2) is 0 Å². The fourth-order valence-electron chi connectivity index (χ4n) is 1.79. The van der Waals surface area contributed by atoms with Gasteiger partial charge in [-0.2, -0.15) is 0 Å². The molecule has 0 saturated heterocycles. The molecule has 5 heteroatoms. The molecule has 0 radical (unpaired) electrons. The van der Waals surface area contributed by atoms with Crippen molar-refractivity contribution in [2.45, 2.75) is 40.5 Å². The lowest BCUT2D eigenvalue weighted by Gasteiger charge is -2.12. The molecule has 1 rings (SSSR count). The Balaban J connectivity index is 2.48. The number of hydrogen-bond donors (Lipinski definition) is 2. The number of carbonyl (C=O) groups is 1. The molecule has 1 aromatic carbocycles. The molecule has 0 fully saturated rings. The van der Waals surface area contributed by atoms with Crippen molar-refractivity contribution in [2.24, 2.45) is 11.8 Å². The monoisotopic (exact) mass is 322 g/mol. The molecule has 4 nitrogen and oxygen atoms in total. The Morgan fingerprint density at radius 1 is 1.23 bits per heavy atom. The Hall–Kier alpha value is -1.62. The summed E-state index contributed by atoms with van der Waals surface area (Å²) in [5.74, 6) is 1.64. The van der Waals surface area contributed by atoms with Crippen LogP contribution in [0, 0.1) is 11.8 Å². The van der Waals surface area contributed by atoms with Crippen LogP contribution < -0.4 is 15.4 Å². The summed E-state index contributed by atoms with van der Waals surface area (Å²) in [5, 5.41) is 5.99. The van der Waals surface area contributed by atoms with Gasteiger partial charge in [0.15, 0.2) is 5.11 Å². The zero-order valence-electron chi connectivity index (χ0n) is 13.8. The Morgan fingerprint density at radius 3 is 2.59 bits per heavy atom. The molecule has 22 heavy (non-hydrogen) atoms. The van der Waals surface area contributed by atoms with Gasteiger partial charge in [-0.05, 0) is 42.6 Å². The first-order valence-electron chi connectivity index (χ1n) is 7.70. The number of amides is 1. The summed E-state index contributed by atoms with van der Waals surface area (Å²) in [4.78, 5) is 11.7. The Bertz CT molecular complexity index is 501. The minimum atomic E-state index is -0.0724. The van der Waals surface area contributed by atoms with Crippen LogP contribution in [0.2, 0.25) is 0 Å². The highest BCUT2D eigenvalue weighted by Crippen LogP contribution is 2.18. The third-order valence-corrected chi connectivity index (χ3v) is 3.11. The highest BCUT2D eigenvalue weighted by atomic mass is 32.1. The molecule has 122 valence electrons. The maximum absolute atomic E-state index is 11.7. The summed E-state index contributed by atoms with van der Waals surface area (Å²) in [7, 11) is 0. The molecule has 2 N–H and O–H groups in total. The predicted molar refractivity (Wildman–Crippen MR) is 95.2 cm³/mol. The number of anilines is 1. The van der Waals surface area contributed by atoms with E-state index in [2.05, 4.69) is 24.5 Å². The van der Waals surface area contributed by atoms with Crippen molar-refractivity contribution < 1.29 is 9.53 Å². The van der Waals surface area contributed by atoms with E-state index in [1.54, 1.807) is 0 Å². The lowest BCUT2D eigenvalue weighted by Crippen LogP contribution is -2.34. The van der Waals surface area contributed by atoms with E-state index < -0.39 is 0 Å². The number of nitrogens with one attached hydrogen (secondary N) is 2. The minimum absolute atomic E-state index is 0.0724. The van der Waals surface area contributed by atoms with Gasteiger partial charge in [0.25, 0.3) is 0 Å². The van der Waals surface area contributed by atoms with Crippen LogP contribution in [0.3, 0.4) is 0 Å². The molecular weight excluding hydrogens is 296 g/mol. The number of thiocarbonyl (C=S) groups is 1. The van der Waals surface area contributed by atoms with Crippen LogP contribution in [-0.4, -0.2) is 17.6 Å². The number of ether oxygens (including phenoxy) is 1. The van der Waals surface area contributed by atoms with Crippen LogP contribution in [0.25, 0.3) is 0 Å². The number of benzene rings is 1. The van der Waals surface area contributed by atoms with Crippen LogP contribution in [0.1, 0.15) is 40.5 Å². The van der Waals surface area contributed by atoms with E-state index in [0.717, 1.165) is 17.9 Å². The topological polar surface area (TPSA) is 50.4 Å². The van der Waals surface area contributed by atoms with Crippen molar-refractivity contribution in [3.8, 4) is 5.75 Å². The second-order valence-electron chi connectivity index (χ2n) is 6.16. The normalized spacial score (nSPS) is 10.6. The van der Waals surface area contributed by atoms with Crippen molar-refractivity contribution in [3.63, 3.8) is 0 Å². The van der Waals surface area contributed by atoms with Gasteiger partial charge in [0, 0.05) is 18.2 Å². The van der Waals surface area contributed by atoms with Gasteiger partial charge in [0.1, 0.15) is 5.75 Å². The highest BCUT2D eigenvalue weighted by molar-refractivity contribution is 7.80. The van der Waals surface area contributed by atoms with E-state index in [0.29, 0.717) is 30.0 Å². The zero-order chi connectivity index (χ0) is 16.5. The van der Waals surface area contributed by atoms with E-state index in [1.165, 1.54) is 0 Å². The van der Waals surface area contributed by atoms with Gasteiger partial charge < -0.3 is 15.4 Å². The first-order chi connectivity index (χ1) is 10.4. The van der Waals surface area contributed by atoms with E-state index in [1.807, 2.05) is 38.1 Å². The lowest BCUT2D eigenvalue weighted by molar-refractivity contribution is -0.120. The molecule has 0 aliphatic rings. The van der Waals surface area contributed by atoms with Crippen LogP contribution >= 0.6 is 12.2 Å². The zero-order valence-corrected chi connectivity index (χ0v) is 14.6. The van der Waals surface area contributed by atoms with E-state index >= 15 is 0 Å². The van der Waals surface area contributed by atoms with Gasteiger partial charge in [-0.1, -0.05) is 33.8 Å². The summed E-state index contributed by atoms with van der Waals surface area (Å²) in [5.41, 5.74) is 0.803. The summed E-state index contributed by atoms with van der Waals surface area (Å²) in [6, 6.07) is 7.56. The molecule has 0 unspecified atom stereocenters. The largest absolute Gasteiger partial charge is 0.494 e. The average Bonchev–Trinajstić information content (AvgIpc) is 2.37. The van der Waals surface area contributed by atoms with Crippen LogP contribution in [0.15, 0.2) is 24.3 Å². The van der Waals surface area contributed by atoms with Crippen molar-refractivity contribution in [1.29, 1.82) is 0 Å². The minimum Gasteiger partial charge on any atom is -0.494 e. The van der Waals surface area contributed by atoms with Crippen LogP contribution in [0.4, 0.5) is 5.69 Å². The fourth-order valence-corrected chi connectivity index (χ4v) is 2.02. The highest BCUT2D eigenvalue weighted by Gasteiger charge is 2.07. The summed E-state index contributed by atoms with van der Waals surface area (Å²) < 4.78 is 5.70. The Labute approximate surface area is 138 Å². The maximum Gasteiger partial charge on any atom is 0.226 e. The summed E-state index contributed by atoms with van der Waals surface area (Å²) in [6.07, 6.45) is 1.47. The van der Waals surface area contributed by atoms with Gasteiger partial charge in [0.2, 0.25) is 5.91 Å². The smallest absolute Gasteiger partial charge is 0.226 e.